The maximum atomic E-state index is 5.37. The van der Waals surface area contributed by atoms with Crippen molar-refractivity contribution in [3.8, 4) is 0 Å². The molecule has 1 heterocycles. The van der Waals surface area contributed by atoms with Crippen LogP contribution in [0.1, 0.15) is 0 Å². The van der Waals surface area contributed by atoms with Crippen LogP contribution >= 0.6 is 17.0 Å². The molecule has 66 valence electrons. The monoisotopic (exact) mass is 251 g/mol. The zero-order valence-electron chi connectivity index (χ0n) is 7.27. The average Bonchev–Trinajstić information content (AvgIpc) is 2.59. The van der Waals surface area contributed by atoms with Crippen molar-refractivity contribution in [1.82, 2.24) is 0 Å². The Morgan fingerprint density at radius 3 is 2.62 bits per heavy atom. The number of ether oxygens (including phenoxy) is 1. The van der Waals surface area contributed by atoms with Crippen molar-refractivity contribution in [3.63, 3.8) is 0 Å². The van der Waals surface area contributed by atoms with Crippen LogP contribution in [-0.2, 0) is 4.74 Å². The normalized spacial score (nSPS) is 13.7. The van der Waals surface area contributed by atoms with Crippen LogP contribution in [0, 0.1) is 0 Å². The molecule has 1 aromatic carbocycles. The zero-order chi connectivity index (χ0) is 8.23. The first-order valence-corrected chi connectivity index (χ1v) is 5.56. The summed E-state index contributed by atoms with van der Waals surface area (Å²) in [5, 5.41) is 0. The first-order valence-electron chi connectivity index (χ1n) is 4.15. The summed E-state index contributed by atoms with van der Waals surface area (Å²) in [7, 11) is 0. The minimum atomic E-state index is -0.407. The van der Waals surface area contributed by atoms with Crippen LogP contribution in [0.4, 0.5) is 0 Å². The molecule has 2 rings (SSSR count). The molecule has 13 heavy (non-hydrogen) atoms. The molecule has 1 aliphatic heterocycles. The van der Waals surface area contributed by atoms with Gasteiger partial charge in [0, 0.05) is 4.03 Å². The van der Waals surface area contributed by atoms with Crippen molar-refractivity contribution in [2.75, 3.05) is 13.2 Å². The van der Waals surface area contributed by atoms with E-state index in [0.717, 1.165) is 17.2 Å². The molecular weight excluding hydrogens is 242 g/mol. The molecule has 0 radical (unpaired) electrons. The molecule has 2 nitrogen and oxygen atoms in total. The molecule has 1 aliphatic rings. The van der Waals surface area contributed by atoms with Crippen molar-refractivity contribution in [2.24, 2.45) is 4.99 Å². The van der Waals surface area contributed by atoms with Gasteiger partial charge in [-0.25, -0.2) is 0 Å². The van der Waals surface area contributed by atoms with E-state index in [1.54, 1.807) is 0 Å². The van der Waals surface area contributed by atoms with Crippen molar-refractivity contribution in [1.29, 1.82) is 0 Å². The van der Waals surface area contributed by atoms with E-state index in [1.165, 1.54) is 3.69 Å². The van der Waals surface area contributed by atoms with Gasteiger partial charge in [0.2, 0.25) is 0 Å². The van der Waals surface area contributed by atoms with E-state index in [9.17, 15) is 0 Å². The highest BCUT2D eigenvalue weighted by atomic mass is 79.9. The number of aliphatic imine (C=N–C) groups is 1. The van der Waals surface area contributed by atoms with E-state index in [4.69, 9.17) is 4.74 Å². The van der Waals surface area contributed by atoms with E-state index < -0.39 is 20.4 Å². The fourth-order valence-electron chi connectivity index (χ4n) is 1.26. The van der Waals surface area contributed by atoms with Gasteiger partial charge in [-0.15, -0.1) is 17.0 Å². The predicted molar refractivity (Wildman–Crippen MR) is 60.4 cm³/mol. The number of halogens is 1. The average molecular weight is 252 g/mol. The Morgan fingerprint density at radius 2 is 2.00 bits per heavy atom. The van der Waals surface area contributed by atoms with Gasteiger partial charge in [0.05, 0.1) is 6.54 Å². The summed E-state index contributed by atoms with van der Waals surface area (Å²) in [6.45, 7) is 1.64. The Labute approximate surface area is 97.9 Å². The topological polar surface area (TPSA) is 21.6 Å². The van der Waals surface area contributed by atoms with Gasteiger partial charge in [-0.2, -0.15) is 3.69 Å². The van der Waals surface area contributed by atoms with Crippen molar-refractivity contribution < 1.29 is 4.74 Å². The number of rotatable bonds is 2. The Morgan fingerprint density at radius 1 is 1.23 bits per heavy atom. The summed E-state index contributed by atoms with van der Waals surface area (Å²) in [4.78, 5) is 4.29. The lowest BCUT2D eigenvalue weighted by Gasteiger charge is -1.99. The maximum Gasteiger partial charge on any atom is 0.537 e. The van der Waals surface area contributed by atoms with Crippen molar-refractivity contribution >= 4 is 45.1 Å². The van der Waals surface area contributed by atoms with Gasteiger partial charge in [-0.3, -0.25) is 4.99 Å². The van der Waals surface area contributed by atoms with Crippen LogP contribution in [0.15, 0.2) is 35.3 Å². The third-order valence-corrected chi connectivity index (χ3v) is 3.46. The molecular formula is C9H10BrMgNO. The molecule has 0 N–H and O–H groups in total. The summed E-state index contributed by atoms with van der Waals surface area (Å²) >= 11 is -0.407. The minimum Gasteiger partial charge on any atom is -0.511 e. The number of hydrogen-bond donors (Lipinski definition) is 0. The third kappa shape index (κ3) is 3.29. The quantitative estimate of drug-likeness (QED) is 0.719. The van der Waals surface area contributed by atoms with Crippen LogP contribution in [0.5, 0.6) is 0 Å². The van der Waals surface area contributed by atoms with E-state index in [2.05, 4.69) is 29.3 Å². The molecule has 0 saturated heterocycles. The summed E-state index contributed by atoms with van der Waals surface area (Å²) in [6.07, 6.45) is 0. The second-order valence-corrected chi connectivity index (χ2v) is 4.56. The molecule has 0 atom stereocenters. The molecule has 0 fully saturated rings. The summed E-state index contributed by atoms with van der Waals surface area (Å²) in [5.74, 6) is 0. The van der Waals surface area contributed by atoms with Gasteiger partial charge in [0.25, 0.3) is 0 Å². The van der Waals surface area contributed by atoms with Crippen LogP contribution in [-0.4, -0.2) is 37.5 Å². The van der Waals surface area contributed by atoms with E-state index in [-0.39, 0.29) is 17.0 Å². The Balaban J connectivity index is 0.000000845. The first-order chi connectivity index (χ1) is 5.95. The fourth-order valence-corrected chi connectivity index (χ4v) is 2.63. The summed E-state index contributed by atoms with van der Waals surface area (Å²) in [6, 6.07) is 10.5. The summed E-state index contributed by atoms with van der Waals surface area (Å²) in [5.41, 5.74) is 0. The van der Waals surface area contributed by atoms with Gasteiger partial charge in [-0.05, 0) is 0 Å². The van der Waals surface area contributed by atoms with Crippen LogP contribution in [0.3, 0.4) is 0 Å². The largest absolute Gasteiger partial charge is 0.537 e. The molecule has 0 aromatic heterocycles. The number of hydrogen-bond acceptors (Lipinski definition) is 2. The first kappa shape index (κ1) is 11.0. The maximum absolute atomic E-state index is 5.37. The number of benzene rings is 1. The van der Waals surface area contributed by atoms with Gasteiger partial charge >= 0.3 is 20.4 Å². The predicted octanol–water partition coefficient (Wildman–Crippen LogP) is 0.980. The highest BCUT2D eigenvalue weighted by molar-refractivity contribution is 8.93. The molecule has 4 heteroatoms. The molecule has 1 aromatic rings. The van der Waals surface area contributed by atoms with E-state index in [1.807, 2.05) is 6.07 Å². The van der Waals surface area contributed by atoms with Crippen LogP contribution in [0.2, 0.25) is 0 Å². The highest BCUT2D eigenvalue weighted by Gasteiger charge is 2.11. The van der Waals surface area contributed by atoms with Crippen molar-refractivity contribution in [2.45, 2.75) is 0 Å². The van der Waals surface area contributed by atoms with Gasteiger partial charge in [-0.1, -0.05) is 30.3 Å². The van der Waals surface area contributed by atoms with Crippen LogP contribution in [0.25, 0.3) is 0 Å². The Bertz CT molecular complexity index is 289. The smallest absolute Gasteiger partial charge is 0.511 e. The lowest BCUT2D eigenvalue weighted by atomic mass is 10.4. The molecule has 0 spiro atoms. The molecule has 0 saturated carbocycles. The minimum absolute atomic E-state index is 0. The Kier molecular flexibility index (Phi) is 4.76. The molecule has 0 bridgehead atoms. The fraction of sp³-hybridized carbons (Fsp3) is 0.222. The third-order valence-electron chi connectivity index (χ3n) is 1.85. The van der Waals surface area contributed by atoms with Crippen molar-refractivity contribution in [3.05, 3.63) is 30.3 Å². The van der Waals surface area contributed by atoms with Gasteiger partial charge in [0.1, 0.15) is 6.61 Å². The second-order valence-electron chi connectivity index (χ2n) is 2.79. The highest BCUT2D eigenvalue weighted by Crippen LogP contribution is 1.92. The van der Waals surface area contributed by atoms with Gasteiger partial charge in [0.15, 0.2) is 0 Å². The molecule has 0 unspecified atom stereocenters. The lowest BCUT2D eigenvalue weighted by molar-refractivity contribution is 0.355. The van der Waals surface area contributed by atoms with E-state index >= 15 is 0 Å². The number of nitrogens with zero attached hydrogens (tertiary/aromatic N) is 1. The van der Waals surface area contributed by atoms with Crippen LogP contribution < -0.4 is 3.69 Å². The van der Waals surface area contributed by atoms with E-state index in [0.29, 0.717) is 0 Å². The lowest BCUT2D eigenvalue weighted by Crippen LogP contribution is -2.23. The SMILES string of the molecule is Br.c1cc[c]([Mg][C]2=NCCO2)cc1. The molecule has 0 aliphatic carbocycles. The molecule has 0 amide bonds. The standard InChI is InChI=1S/C6H5.C3H4NO.BrH.Mg/c1-2-4-6-5-3-1;1-2-5-3-4-1;;/h1-5H;1-2H2;1H;. The zero-order valence-corrected chi connectivity index (χ0v) is 10.4. The summed E-state index contributed by atoms with van der Waals surface area (Å²) < 4.78 is 7.78. The Hall–Kier alpha value is -0.0638. The second kappa shape index (κ2) is 5.62. The van der Waals surface area contributed by atoms with Gasteiger partial charge < -0.3 is 4.74 Å².